The van der Waals surface area contributed by atoms with E-state index in [2.05, 4.69) is 85.9 Å². The van der Waals surface area contributed by atoms with Crippen molar-refractivity contribution in [1.29, 1.82) is 5.26 Å². The van der Waals surface area contributed by atoms with Gasteiger partial charge in [-0.1, -0.05) is 71.9 Å². The van der Waals surface area contributed by atoms with Crippen LogP contribution in [0.2, 0.25) is 36.3 Å². The molecule has 4 aliphatic rings. The molecule has 2 aliphatic carbocycles. The van der Waals surface area contributed by atoms with Gasteiger partial charge in [-0.2, -0.15) is 5.26 Å². The molecule has 0 aromatic heterocycles. The van der Waals surface area contributed by atoms with E-state index >= 15 is 0 Å². The lowest BCUT2D eigenvalue weighted by molar-refractivity contribution is -0.279. The molecular weight excluding hydrogens is 615 g/mol. The van der Waals surface area contributed by atoms with Gasteiger partial charge in [0.15, 0.2) is 28.2 Å². The van der Waals surface area contributed by atoms with Crippen molar-refractivity contribution >= 4 is 16.6 Å². The SMILES string of the molecule is CC1(C)O[C@@H]2[C@@H](O[Si](C)(C)C(C)(C)C)CC3(OCc4ccccc4)C[C@@H](O[Si](C)(C)C(C)(C)C)[C@@H]4OC(C)(C)O[C@@H]4C3(C#N)[C@@H]2O1. The normalized spacial score (nSPS) is 37.2. The molecule has 5 rings (SSSR count). The Hall–Kier alpha value is -1.14. The minimum atomic E-state index is -2.29. The van der Waals surface area contributed by atoms with Gasteiger partial charge >= 0.3 is 0 Å². The van der Waals surface area contributed by atoms with Crippen LogP contribution in [0.4, 0.5) is 0 Å². The fourth-order valence-corrected chi connectivity index (χ4v) is 10.1. The molecule has 8 atom stereocenters. The summed E-state index contributed by atoms with van der Waals surface area (Å²) < 4.78 is 48.8. The van der Waals surface area contributed by atoms with Gasteiger partial charge in [-0.05, 0) is 69.5 Å². The summed E-state index contributed by atoms with van der Waals surface area (Å²) in [7, 11) is -4.59. The summed E-state index contributed by atoms with van der Waals surface area (Å²) in [5, 5.41) is 11.5. The third-order valence-electron chi connectivity index (χ3n) is 11.8. The molecule has 258 valence electrons. The van der Waals surface area contributed by atoms with Crippen LogP contribution in [0.5, 0.6) is 0 Å². The fourth-order valence-electron chi connectivity index (χ4n) is 7.40. The molecule has 46 heavy (non-hydrogen) atoms. The largest absolute Gasteiger partial charge is 0.411 e. The van der Waals surface area contributed by atoms with Crippen LogP contribution in [0, 0.1) is 16.7 Å². The maximum absolute atomic E-state index is 11.6. The lowest BCUT2D eigenvalue weighted by Gasteiger charge is -2.62. The van der Waals surface area contributed by atoms with Crippen LogP contribution in [0.1, 0.15) is 87.6 Å². The highest BCUT2D eigenvalue weighted by molar-refractivity contribution is 6.74. The molecule has 0 bridgehead atoms. The molecule has 0 N–H and O–H groups in total. The molecule has 0 amide bonds. The van der Waals surface area contributed by atoms with Crippen LogP contribution in [0.3, 0.4) is 0 Å². The van der Waals surface area contributed by atoms with E-state index in [1.54, 1.807) is 0 Å². The first kappa shape index (κ1) is 36.2. The van der Waals surface area contributed by atoms with Crippen molar-refractivity contribution in [3.8, 4) is 6.07 Å². The summed E-state index contributed by atoms with van der Waals surface area (Å²) >= 11 is 0. The van der Waals surface area contributed by atoms with E-state index in [-0.39, 0.29) is 22.3 Å². The highest BCUT2D eigenvalue weighted by Crippen LogP contribution is 2.64. The van der Waals surface area contributed by atoms with E-state index in [1.807, 2.05) is 45.9 Å². The van der Waals surface area contributed by atoms with Gasteiger partial charge in [0.25, 0.3) is 0 Å². The Labute approximate surface area is 280 Å². The van der Waals surface area contributed by atoms with Gasteiger partial charge in [0.2, 0.25) is 0 Å². The minimum Gasteiger partial charge on any atom is -0.411 e. The van der Waals surface area contributed by atoms with E-state index in [0.29, 0.717) is 19.4 Å². The number of benzene rings is 1. The van der Waals surface area contributed by atoms with Crippen LogP contribution in [-0.2, 0) is 39.1 Å². The number of fused-ring (bicyclic) bond motifs is 5. The zero-order valence-electron chi connectivity index (χ0n) is 30.8. The van der Waals surface area contributed by atoms with Gasteiger partial charge in [-0.25, -0.2) is 0 Å². The molecule has 1 aromatic carbocycles. The average Bonchev–Trinajstić information content (AvgIpc) is 3.42. The Morgan fingerprint density at radius 2 is 1.15 bits per heavy atom. The van der Waals surface area contributed by atoms with Crippen LogP contribution in [0.15, 0.2) is 30.3 Å². The second-order valence-corrected chi connectivity index (χ2v) is 27.5. The fraction of sp³-hybridized carbons (Fsp3) is 0.806. The van der Waals surface area contributed by atoms with E-state index in [9.17, 15) is 5.26 Å². The van der Waals surface area contributed by atoms with Gasteiger partial charge in [0.05, 0.1) is 30.5 Å². The maximum Gasteiger partial charge on any atom is 0.192 e. The van der Waals surface area contributed by atoms with Gasteiger partial charge in [0, 0.05) is 12.8 Å². The van der Waals surface area contributed by atoms with Gasteiger partial charge in [-0.15, -0.1) is 0 Å². The Balaban J connectivity index is 1.71. The number of nitriles is 1. The van der Waals surface area contributed by atoms with E-state index < -0.39 is 63.6 Å². The summed E-state index contributed by atoms with van der Waals surface area (Å²) in [6, 6.07) is 13.0. The predicted octanol–water partition coefficient (Wildman–Crippen LogP) is 8.08. The van der Waals surface area contributed by atoms with Gasteiger partial charge in [-0.3, -0.25) is 0 Å². The Morgan fingerprint density at radius 1 is 0.739 bits per heavy atom. The molecule has 8 nitrogen and oxygen atoms in total. The maximum atomic E-state index is 11.6. The second kappa shape index (κ2) is 11.5. The number of hydrogen-bond donors (Lipinski definition) is 0. The first-order chi connectivity index (χ1) is 20.9. The van der Waals surface area contributed by atoms with Gasteiger partial charge in [0.1, 0.15) is 29.8 Å². The van der Waals surface area contributed by atoms with Crippen LogP contribution >= 0.6 is 0 Å². The first-order valence-electron chi connectivity index (χ1n) is 17.1. The highest BCUT2D eigenvalue weighted by Gasteiger charge is 2.79. The van der Waals surface area contributed by atoms with Crippen LogP contribution in [-0.4, -0.2) is 70.4 Å². The molecule has 4 fully saturated rings. The smallest absolute Gasteiger partial charge is 0.192 e. The Morgan fingerprint density at radius 3 is 1.52 bits per heavy atom. The third-order valence-corrected chi connectivity index (χ3v) is 20.8. The lowest BCUT2D eigenvalue weighted by atomic mass is 9.51. The van der Waals surface area contributed by atoms with Gasteiger partial charge < -0.3 is 32.5 Å². The standard InChI is InChI=1S/C36H59NO7Si2/c1-31(2,3)45(11,12)43-25-20-35(38-22-24-18-16-15-17-19-24)21-26(44-46(13,14)32(4,5)6)28-30(42-34(9,10)40-28)36(35,23-37)29-27(25)39-33(7,8)41-29/h15-19,25-30H,20-22H2,1-14H3/t25-,26+,27+,28-,29+,30-,35?,36?. The lowest BCUT2D eigenvalue weighted by Crippen LogP contribution is -2.77. The summed E-state index contributed by atoms with van der Waals surface area (Å²) in [5.41, 5.74) is -1.28. The number of rotatable bonds is 7. The van der Waals surface area contributed by atoms with Crippen LogP contribution < -0.4 is 0 Å². The summed E-state index contributed by atoms with van der Waals surface area (Å²) in [4.78, 5) is 0. The van der Waals surface area contributed by atoms with Crippen molar-refractivity contribution in [2.75, 3.05) is 0 Å². The predicted molar refractivity (Wildman–Crippen MR) is 183 cm³/mol. The minimum absolute atomic E-state index is 0.0304. The van der Waals surface area contributed by atoms with E-state index in [0.717, 1.165) is 5.56 Å². The monoisotopic (exact) mass is 673 g/mol. The first-order valence-corrected chi connectivity index (χ1v) is 22.9. The zero-order chi connectivity index (χ0) is 34.4. The second-order valence-electron chi connectivity index (χ2n) is 18.0. The molecule has 2 aliphatic heterocycles. The molecule has 10 heteroatoms. The molecule has 1 aromatic rings. The van der Waals surface area contributed by atoms with Crippen molar-refractivity contribution in [2.45, 2.75) is 179 Å². The Kier molecular flexibility index (Phi) is 9.01. The Bertz CT molecular complexity index is 1240. The van der Waals surface area contributed by atoms with Crippen molar-refractivity contribution in [3.63, 3.8) is 0 Å². The van der Waals surface area contributed by atoms with Crippen molar-refractivity contribution in [3.05, 3.63) is 35.9 Å². The molecule has 2 unspecified atom stereocenters. The van der Waals surface area contributed by atoms with E-state index in [4.69, 9.17) is 32.5 Å². The molecule has 0 spiro atoms. The van der Waals surface area contributed by atoms with Crippen molar-refractivity contribution in [1.82, 2.24) is 0 Å². The van der Waals surface area contributed by atoms with Crippen LogP contribution in [0.25, 0.3) is 0 Å². The van der Waals surface area contributed by atoms with E-state index in [1.165, 1.54) is 0 Å². The molecule has 2 saturated carbocycles. The number of nitrogens with zero attached hydrogens (tertiary/aromatic N) is 1. The quantitative estimate of drug-likeness (QED) is 0.269. The van der Waals surface area contributed by atoms with Crippen molar-refractivity contribution in [2.24, 2.45) is 5.41 Å². The van der Waals surface area contributed by atoms with Crippen molar-refractivity contribution < 1.29 is 32.5 Å². The molecular formula is C36H59NO7Si2. The molecule has 0 radical (unpaired) electrons. The average molecular weight is 674 g/mol. The number of hydrogen-bond acceptors (Lipinski definition) is 8. The summed E-state index contributed by atoms with van der Waals surface area (Å²) in [6.07, 6.45) is -2.13. The topological polar surface area (TPSA) is 88.4 Å². The zero-order valence-corrected chi connectivity index (χ0v) is 32.8. The summed E-state index contributed by atoms with van der Waals surface area (Å²) in [6.45, 7) is 30.6. The molecule has 2 heterocycles. The molecule has 2 saturated heterocycles. The summed E-state index contributed by atoms with van der Waals surface area (Å²) in [5.74, 6) is -1.86. The number of ether oxygens (including phenoxy) is 5. The highest BCUT2D eigenvalue weighted by atomic mass is 28.4. The third kappa shape index (κ3) is 6.11.